The number of hydrogen-bond donors (Lipinski definition) is 1. The number of rotatable bonds is 9. The molecule has 36 heavy (non-hydrogen) atoms. The van der Waals surface area contributed by atoms with Crippen LogP contribution in [0.3, 0.4) is 0 Å². The lowest BCUT2D eigenvalue weighted by Gasteiger charge is -2.15. The first-order chi connectivity index (χ1) is 17.4. The van der Waals surface area contributed by atoms with E-state index in [9.17, 15) is 4.79 Å². The average Bonchev–Trinajstić information content (AvgIpc) is 3.31. The lowest BCUT2D eigenvalue weighted by atomic mass is 10.1. The van der Waals surface area contributed by atoms with Crippen LogP contribution in [0.25, 0.3) is 16.9 Å². The number of anilines is 1. The summed E-state index contributed by atoms with van der Waals surface area (Å²) >= 11 is 0. The van der Waals surface area contributed by atoms with Crippen molar-refractivity contribution in [2.24, 2.45) is 0 Å². The molecule has 9 heteroatoms. The maximum atomic E-state index is 12.8. The molecule has 0 aliphatic rings. The summed E-state index contributed by atoms with van der Waals surface area (Å²) in [6.07, 6.45) is 0.785. The molecule has 0 saturated carbocycles. The first-order valence-electron chi connectivity index (χ1n) is 11.5. The minimum atomic E-state index is -0.140. The number of aryl methyl sites for hydroxylation is 2. The van der Waals surface area contributed by atoms with E-state index in [1.807, 2.05) is 48.7 Å². The van der Waals surface area contributed by atoms with E-state index in [1.165, 1.54) is 21.3 Å². The molecule has 0 spiro atoms. The summed E-state index contributed by atoms with van der Waals surface area (Å²) in [5.74, 6) is 2.02. The molecule has 9 nitrogen and oxygen atoms in total. The quantitative estimate of drug-likeness (QED) is 0.366. The van der Waals surface area contributed by atoms with E-state index in [-0.39, 0.29) is 12.3 Å². The van der Waals surface area contributed by atoms with Crippen LogP contribution in [0.5, 0.6) is 23.0 Å². The number of aromatic nitrogens is 3. The summed E-state index contributed by atoms with van der Waals surface area (Å²) in [6.45, 7) is 3.95. The van der Waals surface area contributed by atoms with Crippen molar-refractivity contribution in [3.8, 4) is 34.3 Å². The lowest BCUT2D eigenvalue weighted by Crippen LogP contribution is -2.14. The Hall–Kier alpha value is -4.27. The number of hydrogen-bond acceptors (Lipinski definition) is 7. The third kappa shape index (κ3) is 4.77. The first-order valence-corrected chi connectivity index (χ1v) is 11.5. The van der Waals surface area contributed by atoms with Gasteiger partial charge in [-0.05, 0) is 38.0 Å². The van der Waals surface area contributed by atoms with Crippen LogP contribution in [-0.4, -0.2) is 48.9 Å². The number of fused-ring (bicyclic) bond motifs is 1. The maximum Gasteiger partial charge on any atom is 0.224 e. The van der Waals surface area contributed by atoms with Crippen LogP contribution in [0, 0.1) is 13.8 Å². The van der Waals surface area contributed by atoms with E-state index in [4.69, 9.17) is 29.0 Å². The van der Waals surface area contributed by atoms with Crippen LogP contribution in [0.15, 0.2) is 42.5 Å². The SMILES string of the molecule is COc1ccccc1-c1cc2nc(C)c(CCC(=O)Nc3cc(OC)c(OC)c(OC)c3)c(C)n2n1. The zero-order valence-electron chi connectivity index (χ0n) is 21.3. The van der Waals surface area contributed by atoms with E-state index < -0.39 is 0 Å². The van der Waals surface area contributed by atoms with Gasteiger partial charge in [0.1, 0.15) is 5.75 Å². The largest absolute Gasteiger partial charge is 0.496 e. The highest BCUT2D eigenvalue weighted by molar-refractivity contribution is 5.91. The molecule has 0 aliphatic heterocycles. The first kappa shape index (κ1) is 24.8. The molecule has 0 fully saturated rings. The summed E-state index contributed by atoms with van der Waals surface area (Å²) in [5.41, 5.74) is 5.78. The number of para-hydroxylation sites is 1. The van der Waals surface area contributed by atoms with Crippen molar-refractivity contribution in [2.45, 2.75) is 26.7 Å². The van der Waals surface area contributed by atoms with Gasteiger partial charge >= 0.3 is 0 Å². The fourth-order valence-electron chi connectivity index (χ4n) is 4.29. The molecule has 0 aliphatic carbocycles. The van der Waals surface area contributed by atoms with Crippen LogP contribution in [-0.2, 0) is 11.2 Å². The van der Waals surface area contributed by atoms with E-state index in [0.29, 0.717) is 29.4 Å². The van der Waals surface area contributed by atoms with Gasteiger partial charge in [-0.3, -0.25) is 4.79 Å². The van der Waals surface area contributed by atoms with Crippen molar-refractivity contribution in [1.82, 2.24) is 14.6 Å². The molecule has 2 aromatic carbocycles. The number of nitrogens with zero attached hydrogens (tertiary/aromatic N) is 3. The van der Waals surface area contributed by atoms with Crippen LogP contribution in [0.4, 0.5) is 5.69 Å². The Morgan fingerprint density at radius 3 is 2.22 bits per heavy atom. The van der Waals surface area contributed by atoms with Gasteiger partial charge in [0.25, 0.3) is 0 Å². The van der Waals surface area contributed by atoms with Crippen LogP contribution in [0.1, 0.15) is 23.4 Å². The number of methoxy groups -OCH3 is 4. The molecule has 4 aromatic rings. The van der Waals surface area contributed by atoms with Gasteiger partial charge in [0.15, 0.2) is 17.1 Å². The highest BCUT2D eigenvalue weighted by Crippen LogP contribution is 2.40. The predicted molar refractivity (Wildman–Crippen MR) is 137 cm³/mol. The number of ether oxygens (including phenoxy) is 4. The molecule has 0 saturated heterocycles. The maximum absolute atomic E-state index is 12.8. The van der Waals surface area contributed by atoms with Gasteiger partial charge < -0.3 is 24.3 Å². The van der Waals surface area contributed by atoms with Crippen molar-refractivity contribution in [3.05, 3.63) is 59.4 Å². The third-order valence-electron chi connectivity index (χ3n) is 6.10. The Balaban J connectivity index is 1.55. The normalized spacial score (nSPS) is 10.8. The average molecular weight is 491 g/mol. The molecular formula is C27H30N4O5. The molecule has 0 unspecified atom stereocenters. The summed E-state index contributed by atoms with van der Waals surface area (Å²) in [4.78, 5) is 17.6. The number of carbonyl (C=O) groups excluding carboxylic acids is 1. The molecule has 1 amide bonds. The fraction of sp³-hybridized carbons (Fsp3) is 0.296. The highest BCUT2D eigenvalue weighted by Gasteiger charge is 2.17. The minimum Gasteiger partial charge on any atom is -0.496 e. The molecule has 0 bridgehead atoms. The smallest absolute Gasteiger partial charge is 0.224 e. The Labute approximate surface area is 210 Å². The standard InChI is InChI=1S/C27H30N4O5/c1-16-19(11-12-26(32)29-18-13-23(34-4)27(36-6)24(14-18)35-5)17(2)31-25(28-16)15-21(30-31)20-9-7-8-10-22(20)33-3/h7-10,13-15H,11-12H2,1-6H3,(H,29,32). The predicted octanol–water partition coefficient (Wildman–Crippen LogP) is 4.62. The monoisotopic (exact) mass is 490 g/mol. The van der Waals surface area contributed by atoms with Gasteiger partial charge in [-0.2, -0.15) is 5.10 Å². The van der Waals surface area contributed by atoms with Crippen molar-refractivity contribution in [2.75, 3.05) is 33.8 Å². The zero-order chi connectivity index (χ0) is 25.8. The van der Waals surface area contributed by atoms with Crippen molar-refractivity contribution in [1.29, 1.82) is 0 Å². The molecule has 0 radical (unpaired) electrons. The van der Waals surface area contributed by atoms with Gasteiger partial charge in [-0.25, -0.2) is 9.50 Å². The fourth-order valence-corrected chi connectivity index (χ4v) is 4.29. The highest BCUT2D eigenvalue weighted by atomic mass is 16.5. The molecule has 2 aromatic heterocycles. The Kier molecular flexibility index (Phi) is 7.28. The number of carbonyl (C=O) groups is 1. The zero-order valence-corrected chi connectivity index (χ0v) is 21.3. The Morgan fingerprint density at radius 1 is 0.917 bits per heavy atom. The van der Waals surface area contributed by atoms with Crippen molar-refractivity contribution in [3.63, 3.8) is 0 Å². The minimum absolute atomic E-state index is 0.140. The van der Waals surface area contributed by atoms with Gasteiger partial charge in [-0.15, -0.1) is 0 Å². The summed E-state index contributed by atoms with van der Waals surface area (Å²) < 4.78 is 23.4. The van der Waals surface area contributed by atoms with Crippen LogP contribution in [0.2, 0.25) is 0 Å². The third-order valence-corrected chi connectivity index (χ3v) is 6.10. The molecular weight excluding hydrogens is 460 g/mol. The number of benzene rings is 2. The second kappa shape index (κ2) is 10.6. The molecule has 0 atom stereocenters. The topological polar surface area (TPSA) is 96.2 Å². The molecule has 2 heterocycles. The van der Waals surface area contributed by atoms with Gasteiger partial charge in [-0.1, -0.05) is 12.1 Å². The Bertz CT molecular complexity index is 1390. The van der Waals surface area contributed by atoms with Crippen molar-refractivity contribution >= 4 is 17.2 Å². The van der Waals surface area contributed by atoms with E-state index in [1.54, 1.807) is 19.2 Å². The van der Waals surface area contributed by atoms with Gasteiger partial charge in [0.2, 0.25) is 11.7 Å². The van der Waals surface area contributed by atoms with Crippen molar-refractivity contribution < 1.29 is 23.7 Å². The molecule has 188 valence electrons. The number of amides is 1. The Morgan fingerprint density at radius 2 is 1.58 bits per heavy atom. The van der Waals surface area contributed by atoms with E-state index in [0.717, 1.165) is 39.6 Å². The van der Waals surface area contributed by atoms with E-state index >= 15 is 0 Å². The van der Waals surface area contributed by atoms with Gasteiger partial charge in [0, 0.05) is 47.3 Å². The van der Waals surface area contributed by atoms with Crippen LogP contribution < -0.4 is 24.3 Å². The second-order valence-electron chi connectivity index (χ2n) is 8.22. The van der Waals surface area contributed by atoms with Crippen LogP contribution >= 0.6 is 0 Å². The second-order valence-corrected chi connectivity index (χ2v) is 8.22. The summed E-state index contributed by atoms with van der Waals surface area (Å²) in [7, 11) is 6.24. The lowest BCUT2D eigenvalue weighted by molar-refractivity contribution is -0.116. The van der Waals surface area contributed by atoms with Gasteiger partial charge in [0.05, 0.1) is 34.1 Å². The molecule has 4 rings (SSSR count). The molecule has 1 N–H and O–H groups in total. The van der Waals surface area contributed by atoms with E-state index in [2.05, 4.69) is 5.32 Å². The number of nitrogens with one attached hydrogen (secondary N) is 1. The summed E-state index contributed by atoms with van der Waals surface area (Å²) in [6, 6.07) is 13.1. The summed E-state index contributed by atoms with van der Waals surface area (Å²) in [5, 5.41) is 7.69.